The van der Waals surface area contributed by atoms with Gasteiger partial charge in [0.05, 0.1) is 0 Å². The van der Waals surface area contributed by atoms with Gasteiger partial charge < -0.3 is 10.1 Å². The van der Waals surface area contributed by atoms with Crippen molar-refractivity contribution >= 4 is 27.5 Å². The fraction of sp³-hybridized carbons (Fsp3) is 0.500. The van der Waals surface area contributed by atoms with Gasteiger partial charge >= 0.3 is 0 Å². The number of rotatable bonds is 4. The van der Waals surface area contributed by atoms with Crippen LogP contribution in [0.15, 0.2) is 28.7 Å². The van der Waals surface area contributed by atoms with Crippen LogP contribution in [0, 0.1) is 5.21 Å². The van der Waals surface area contributed by atoms with E-state index in [0.717, 1.165) is 14.8 Å². The van der Waals surface area contributed by atoms with Crippen LogP contribution in [0.2, 0.25) is 0 Å². The number of amides is 1. The molecule has 2 rings (SSSR count). The molecule has 5 heteroatoms. The van der Waals surface area contributed by atoms with Crippen LogP contribution in [0.4, 0.5) is 0 Å². The van der Waals surface area contributed by atoms with Crippen LogP contribution >= 0.6 is 15.9 Å². The number of benzene rings is 1. The molecule has 1 aromatic carbocycles. The molecule has 114 valence electrons. The van der Waals surface area contributed by atoms with Crippen molar-refractivity contribution in [1.82, 2.24) is 4.90 Å². The lowest BCUT2D eigenvalue weighted by Gasteiger charge is -2.44. The van der Waals surface area contributed by atoms with Crippen molar-refractivity contribution in [2.45, 2.75) is 39.2 Å². The van der Waals surface area contributed by atoms with Gasteiger partial charge in [-0.15, -0.1) is 0 Å². The van der Waals surface area contributed by atoms with Gasteiger partial charge in [0.1, 0.15) is 5.92 Å². The van der Waals surface area contributed by atoms with Gasteiger partial charge in [-0.2, -0.15) is 4.74 Å². The highest BCUT2D eigenvalue weighted by Crippen LogP contribution is 2.42. The smallest absolute Gasteiger partial charge is 0.296 e. The highest BCUT2D eigenvalue weighted by Gasteiger charge is 2.62. The van der Waals surface area contributed by atoms with E-state index < -0.39 is 5.54 Å². The van der Waals surface area contributed by atoms with Crippen LogP contribution in [0.3, 0.4) is 0 Å². The number of carbonyl (C=O) groups excluding carboxylic acids is 1. The van der Waals surface area contributed by atoms with Crippen LogP contribution < -0.4 is 0 Å². The average molecular weight is 353 g/mol. The van der Waals surface area contributed by atoms with E-state index in [0.29, 0.717) is 18.8 Å². The topological polar surface area (TPSA) is 46.4 Å². The zero-order valence-electron chi connectivity index (χ0n) is 12.9. The summed E-state index contributed by atoms with van der Waals surface area (Å²) in [6.07, 6.45) is 0. The maximum Gasteiger partial charge on any atom is 0.296 e. The fourth-order valence-electron chi connectivity index (χ4n) is 3.23. The van der Waals surface area contributed by atoms with Gasteiger partial charge in [-0.05, 0) is 31.5 Å². The maximum absolute atomic E-state index is 12.8. The third-order valence-corrected chi connectivity index (χ3v) is 4.88. The standard InChI is InChI=1S/C16H21BrN2O2/c1-5-18(6-2)15(20)16(4)14(11(3)19(16)21)12-8-7-9-13(17)10-12/h7-10,14H,5-6H2,1-4H3. The fourth-order valence-corrected chi connectivity index (χ4v) is 3.65. The second kappa shape index (κ2) is 5.79. The van der Waals surface area contributed by atoms with Crippen LogP contribution in [-0.2, 0) is 4.79 Å². The van der Waals surface area contributed by atoms with Crippen LogP contribution in [0.5, 0.6) is 0 Å². The Morgan fingerprint density at radius 3 is 2.57 bits per heavy atom. The number of halogens is 1. The molecule has 2 atom stereocenters. The van der Waals surface area contributed by atoms with Gasteiger partial charge in [-0.25, -0.2) is 0 Å². The van der Waals surface area contributed by atoms with Crippen molar-refractivity contribution in [3.63, 3.8) is 0 Å². The van der Waals surface area contributed by atoms with Crippen molar-refractivity contribution in [1.29, 1.82) is 0 Å². The predicted octanol–water partition coefficient (Wildman–Crippen LogP) is 3.14. The van der Waals surface area contributed by atoms with E-state index in [1.807, 2.05) is 38.1 Å². The van der Waals surface area contributed by atoms with E-state index in [9.17, 15) is 10.0 Å². The Labute approximate surface area is 134 Å². The Balaban J connectivity index is 2.45. The molecule has 1 aliphatic rings. The van der Waals surface area contributed by atoms with Gasteiger partial charge in [0.2, 0.25) is 0 Å². The summed E-state index contributed by atoms with van der Waals surface area (Å²) in [5.74, 6) is -0.265. The second-order valence-electron chi connectivity index (χ2n) is 5.55. The minimum atomic E-state index is -1.04. The lowest BCUT2D eigenvalue weighted by Crippen LogP contribution is -2.66. The van der Waals surface area contributed by atoms with E-state index in [1.54, 1.807) is 18.7 Å². The first-order valence-electron chi connectivity index (χ1n) is 7.23. The van der Waals surface area contributed by atoms with E-state index in [2.05, 4.69) is 15.9 Å². The number of nitrogens with zero attached hydrogens (tertiary/aromatic N) is 2. The van der Waals surface area contributed by atoms with Crippen LogP contribution in [-0.4, -0.2) is 39.9 Å². The second-order valence-corrected chi connectivity index (χ2v) is 6.46. The molecule has 1 amide bonds. The Bertz CT molecular complexity index is 596. The van der Waals surface area contributed by atoms with Crippen molar-refractivity contribution in [3.8, 4) is 0 Å². The molecule has 21 heavy (non-hydrogen) atoms. The molecule has 0 aromatic heterocycles. The van der Waals surface area contributed by atoms with Gasteiger partial charge in [-0.3, -0.25) is 4.79 Å². The first-order valence-corrected chi connectivity index (χ1v) is 8.02. The first-order chi connectivity index (χ1) is 9.87. The third-order valence-electron chi connectivity index (χ3n) is 4.39. The summed E-state index contributed by atoms with van der Waals surface area (Å²) in [5, 5.41) is 12.4. The number of hydrogen-bond donors (Lipinski definition) is 0. The van der Waals surface area contributed by atoms with Crippen molar-refractivity contribution in [3.05, 3.63) is 39.5 Å². The van der Waals surface area contributed by atoms with Crippen LogP contribution in [0.1, 0.15) is 39.2 Å². The van der Waals surface area contributed by atoms with Crippen molar-refractivity contribution < 1.29 is 9.53 Å². The summed E-state index contributed by atoms with van der Waals surface area (Å²) >= 11 is 3.45. The Morgan fingerprint density at radius 2 is 2.05 bits per heavy atom. The quantitative estimate of drug-likeness (QED) is 0.617. The molecule has 1 heterocycles. The average Bonchev–Trinajstić information content (AvgIpc) is 2.47. The molecule has 0 saturated heterocycles. The monoisotopic (exact) mass is 352 g/mol. The largest absolute Gasteiger partial charge is 0.623 e. The zero-order chi connectivity index (χ0) is 15.8. The molecule has 4 nitrogen and oxygen atoms in total. The van der Waals surface area contributed by atoms with Gasteiger partial charge in [0, 0.05) is 31.4 Å². The molecule has 1 aromatic rings. The Kier molecular flexibility index (Phi) is 4.42. The predicted molar refractivity (Wildman–Crippen MR) is 87.5 cm³/mol. The van der Waals surface area contributed by atoms with Crippen LogP contribution in [0.25, 0.3) is 0 Å². The molecule has 0 fully saturated rings. The molecular formula is C16H21BrN2O2. The molecule has 2 unspecified atom stereocenters. The highest BCUT2D eigenvalue weighted by molar-refractivity contribution is 9.10. The normalized spacial score (nSPS) is 24.7. The summed E-state index contributed by atoms with van der Waals surface area (Å²) in [6, 6.07) is 7.83. The minimum absolute atomic E-state index is 0.0990. The molecule has 0 radical (unpaired) electrons. The van der Waals surface area contributed by atoms with Gasteiger partial charge in [0.15, 0.2) is 5.71 Å². The summed E-state index contributed by atoms with van der Waals surface area (Å²) in [7, 11) is 0. The first kappa shape index (κ1) is 16.0. The lowest BCUT2D eigenvalue weighted by atomic mass is 9.71. The van der Waals surface area contributed by atoms with Crippen molar-refractivity contribution in [2.75, 3.05) is 13.1 Å². The minimum Gasteiger partial charge on any atom is -0.623 e. The summed E-state index contributed by atoms with van der Waals surface area (Å²) in [5.41, 5.74) is 0.643. The van der Waals surface area contributed by atoms with E-state index in [-0.39, 0.29) is 11.8 Å². The number of hydroxylamine groups is 1. The van der Waals surface area contributed by atoms with Gasteiger partial charge in [-0.1, -0.05) is 28.1 Å². The van der Waals surface area contributed by atoms with Gasteiger partial charge in [0.25, 0.3) is 11.4 Å². The highest BCUT2D eigenvalue weighted by atomic mass is 79.9. The van der Waals surface area contributed by atoms with Crippen molar-refractivity contribution in [2.24, 2.45) is 0 Å². The maximum atomic E-state index is 12.8. The molecule has 0 aliphatic carbocycles. The molecular weight excluding hydrogens is 332 g/mol. The lowest BCUT2D eigenvalue weighted by molar-refractivity contribution is -0.564. The SMILES string of the molecule is CCN(CC)C(=O)C1(C)C(c2cccc(Br)c2)C(C)=[N+]1[O-]. The molecule has 0 bridgehead atoms. The number of likely N-dealkylation sites (N-methyl/N-ethyl adjacent to an activating group) is 1. The summed E-state index contributed by atoms with van der Waals surface area (Å²) < 4.78 is 1.83. The molecule has 0 saturated carbocycles. The zero-order valence-corrected chi connectivity index (χ0v) is 14.5. The number of carbonyl (C=O) groups is 1. The Morgan fingerprint density at radius 1 is 1.43 bits per heavy atom. The molecule has 1 aliphatic heterocycles. The van der Waals surface area contributed by atoms with E-state index in [4.69, 9.17) is 0 Å². The molecule has 0 spiro atoms. The number of hydrogen-bond acceptors (Lipinski definition) is 2. The summed E-state index contributed by atoms with van der Waals surface area (Å²) in [4.78, 5) is 14.5. The molecule has 0 N–H and O–H groups in total. The summed E-state index contributed by atoms with van der Waals surface area (Å²) in [6.45, 7) is 8.65. The van der Waals surface area contributed by atoms with E-state index in [1.165, 1.54) is 0 Å². The third kappa shape index (κ3) is 2.37. The Hall–Kier alpha value is -1.36. The van der Waals surface area contributed by atoms with E-state index >= 15 is 0 Å².